The largest absolute Gasteiger partial charge is 0.426 e. The van der Waals surface area contributed by atoms with E-state index in [4.69, 9.17) is 9.47 Å². The summed E-state index contributed by atoms with van der Waals surface area (Å²) in [6.07, 6.45) is 3.66. The molecule has 0 spiro atoms. The third-order valence-corrected chi connectivity index (χ3v) is 9.89. The number of ether oxygens (including phenoxy) is 2. The minimum Gasteiger partial charge on any atom is -0.426 e. The van der Waals surface area contributed by atoms with Gasteiger partial charge in [0.05, 0.1) is 5.41 Å². The second kappa shape index (κ2) is 16.2. The van der Waals surface area contributed by atoms with Crippen molar-refractivity contribution < 1.29 is 19.1 Å². The molecule has 0 N–H and O–H groups in total. The lowest BCUT2D eigenvalue weighted by Gasteiger charge is -2.27. The van der Waals surface area contributed by atoms with E-state index in [9.17, 15) is 9.59 Å². The Labute approximate surface area is 298 Å². The van der Waals surface area contributed by atoms with Crippen molar-refractivity contribution in [1.82, 2.24) is 0 Å². The molecule has 4 aromatic rings. The zero-order chi connectivity index (χ0) is 35.0. The van der Waals surface area contributed by atoms with Gasteiger partial charge in [0.25, 0.3) is 0 Å². The van der Waals surface area contributed by atoms with Crippen LogP contribution in [0.1, 0.15) is 66.5 Å². The maximum Gasteiger partial charge on any atom is 0.336 e. The molecular weight excluding hydrogens is 653 g/mol. The monoisotopic (exact) mass is 696 g/mol. The molecule has 4 rings (SSSR count). The highest BCUT2D eigenvalue weighted by Crippen LogP contribution is 2.35. The minimum absolute atomic E-state index is 0.182. The maximum absolute atomic E-state index is 12.5. The molecule has 4 nitrogen and oxygen atoms in total. The fourth-order valence-electron chi connectivity index (χ4n) is 4.26. The third kappa shape index (κ3) is 11.5. The Morgan fingerprint density at radius 3 is 1.67 bits per heavy atom. The third-order valence-electron chi connectivity index (χ3n) is 7.24. The highest BCUT2D eigenvalue weighted by atomic mass is 32.2. The first-order valence-corrected chi connectivity index (χ1v) is 18.4. The summed E-state index contributed by atoms with van der Waals surface area (Å²) >= 11 is 4.92. The molecule has 0 aliphatic rings. The molecule has 0 unspecified atom stereocenters. The first-order valence-electron chi connectivity index (χ1n) is 15.8. The van der Waals surface area contributed by atoms with E-state index in [1.54, 1.807) is 47.1 Å². The van der Waals surface area contributed by atoms with Crippen LogP contribution in [0.4, 0.5) is 0 Å². The molecule has 0 saturated carbocycles. The molecule has 0 heterocycles. The maximum atomic E-state index is 12.5. The Hall–Kier alpha value is -3.65. The van der Waals surface area contributed by atoms with E-state index in [-0.39, 0.29) is 16.8 Å². The molecule has 0 saturated heterocycles. The Morgan fingerprint density at radius 1 is 0.583 bits per heavy atom. The second-order valence-electron chi connectivity index (χ2n) is 14.0. The average Bonchev–Trinajstić information content (AvgIpc) is 3.02. The zero-order valence-corrected chi connectivity index (χ0v) is 31.4. The Balaban J connectivity index is 1.26. The van der Waals surface area contributed by atoms with Crippen molar-refractivity contribution >= 4 is 47.2 Å². The molecule has 0 fully saturated rings. The molecule has 7 heteroatoms. The van der Waals surface area contributed by atoms with Crippen LogP contribution in [0.2, 0.25) is 0 Å². The van der Waals surface area contributed by atoms with E-state index in [2.05, 4.69) is 94.6 Å². The molecule has 250 valence electrons. The molecule has 0 aromatic heterocycles. The highest BCUT2D eigenvalue weighted by molar-refractivity contribution is 8.02. The number of esters is 2. The number of thioether (sulfide) groups is 2. The molecule has 48 heavy (non-hydrogen) atoms. The van der Waals surface area contributed by atoms with E-state index in [1.165, 1.54) is 27.6 Å². The van der Waals surface area contributed by atoms with Gasteiger partial charge in [0.1, 0.15) is 11.5 Å². The van der Waals surface area contributed by atoms with Crippen molar-refractivity contribution in [3.8, 4) is 11.5 Å². The number of carbonyl (C=O) groups is 2. The topological polar surface area (TPSA) is 52.6 Å². The second-order valence-corrected chi connectivity index (χ2v) is 17.1. The van der Waals surface area contributed by atoms with Gasteiger partial charge < -0.3 is 9.47 Å². The quantitative estimate of drug-likeness (QED) is 0.0669. The number of benzene rings is 4. The first-order chi connectivity index (χ1) is 22.6. The molecule has 4 aromatic carbocycles. The van der Waals surface area contributed by atoms with E-state index < -0.39 is 11.4 Å². The van der Waals surface area contributed by atoms with Crippen LogP contribution < -0.4 is 9.47 Å². The van der Waals surface area contributed by atoms with E-state index in [1.807, 2.05) is 51.1 Å². The van der Waals surface area contributed by atoms with Crippen LogP contribution in [-0.4, -0.2) is 11.9 Å². The van der Waals surface area contributed by atoms with E-state index in [0.717, 1.165) is 20.9 Å². The number of rotatable bonds is 11. The van der Waals surface area contributed by atoms with Gasteiger partial charge in [-0.2, -0.15) is 0 Å². The highest BCUT2D eigenvalue weighted by Gasteiger charge is 2.26. The Bertz CT molecular complexity index is 1740. The van der Waals surface area contributed by atoms with E-state index in [0.29, 0.717) is 11.5 Å². The van der Waals surface area contributed by atoms with Crippen molar-refractivity contribution in [3.63, 3.8) is 0 Å². The molecule has 0 radical (unpaired) electrons. The van der Waals surface area contributed by atoms with Crippen LogP contribution in [0, 0.1) is 10.8 Å². The van der Waals surface area contributed by atoms with Crippen molar-refractivity contribution in [2.75, 3.05) is 0 Å². The van der Waals surface area contributed by atoms with Crippen molar-refractivity contribution in [2.45, 2.75) is 80.4 Å². The molecule has 0 aliphatic heterocycles. The Morgan fingerprint density at radius 2 is 1.12 bits per heavy atom. The number of allylic oxidation sites excluding steroid dienone is 1. The summed E-state index contributed by atoms with van der Waals surface area (Å²) in [6, 6.07) is 32.0. The lowest BCUT2D eigenvalue weighted by atomic mass is 9.78. The van der Waals surface area contributed by atoms with Gasteiger partial charge in [0, 0.05) is 31.1 Å². The van der Waals surface area contributed by atoms with Crippen LogP contribution in [0.3, 0.4) is 0 Å². The molecule has 0 amide bonds. The van der Waals surface area contributed by atoms with Gasteiger partial charge in [0.2, 0.25) is 0 Å². The van der Waals surface area contributed by atoms with Crippen LogP contribution in [0.25, 0.3) is 0 Å². The predicted molar refractivity (Wildman–Crippen MR) is 202 cm³/mol. The van der Waals surface area contributed by atoms with Crippen molar-refractivity contribution in [3.05, 3.63) is 131 Å². The van der Waals surface area contributed by atoms with Gasteiger partial charge in [-0.1, -0.05) is 100 Å². The smallest absolute Gasteiger partial charge is 0.336 e. The summed E-state index contributed by atoms with van der Waals surface area (Å²) in [5.41, 5.74) is 1.27. The summed E-state index contributed by atoms with van der Waals surface area (Å²) in [6.45, 7) is 16.3. The lowest BCUT2D eigenvalue weighted by Crippen LogP contribution is -2.26. The van der Waals surface area contributed by atoms with Gasteiger partial charge in [-0.05, 0) is 121 Å². The zero-order valence-electron chi connectivity index (χ0n) is 28.9. The summed E-state index contributed by atoms with van der Waals surface area (Å²) in [5, 5.41) is 3.90. The van der Waals surface area contributed by atoms with E-state index >= 15 is 0 Å². The van der Waals surface area contributed by atoms with Crippen LogP contribution >= 0.6 is 35.3 Å². The summed E-state index contributed by atoms with van der Waals surface area (Å²) in [5.74, 6) is 0.272. The fourth-order valence-corrected chi connectivity index (χ4v) is 6.63. The van der Waals surface area contributed by atoms with Crippen LogP contribution in [0.5, 0.6) is 11.5 Å². The standard InChI is InChI=1S/C41H44O4S3/c1-39(2,3)25-27-47-34-18-22-36(23-19-34)48-35-20-16-33(17-21-35)46-26-24-37(42)44-31-14-12-29(13-15-31)41(7,8)30-10-9-11-32(28-30)45-38(43)40(4,5)6/h9-28H,1-8H3/b26-24+,27-25+. The first kappa shape index (κ1) is 37.2. The Kier molecular flexibility index (Phi) is 12.5. The lowest BCUT2D eigenvalue weighted by molar-refractivity contribution is -0.143. The van der Waals surface area contributed by atoms with Gasteiger partial charge in [-0.25, -0.2) is 4.79 Å². The summed E-state index contributed by atoms with van der Waals surface area (Å²) in [7, 11) is 0. The predicted octanol–water partition coefficient (Wildman–Crippen LogP) is 12.0. The van der Waals surface area contributed by atoms with Crippen molar-refractivity contribution in [1.29, 1.82) is 0 Å². The minimum atomic E-state index is -0.588. The average molecular weight is 697 g/mol. The SMILES string of the molecule is CC(C)(C)/C=C/Sc1ccc(Sc2ccc(S/C=C/C(=O)Oc3ccc(C(C)(C)c4cccc(OC(=O)C(C)(C)C)c4)cc3)cc2)cc1. The van der Waals surface area contributed by atoms with Crippen LogP contribution in [-0.2, 0) is 15.0 Å². The summed E-state index contributed by atoms with van der Waals surface area (Å²) < 4.78 is 11.2. The normalized spacial score (nSPS) is 12.4. The number of hydrogen-bond donors (Lipinski definition) is 0. The summed E-state index contributed by atoms with van der Waals surface area (Å²) in [4.78, 5) is 29.5. The van der Waals surface area contributed by atoms with Crippen molar-refractivity contribution in [2.24, 2.45) is 10.8 Å². The molecule has 0 bridgehead atoms. The molecular formula is C41H44O4S3. The van der Waals surface area contributed by atoms with Crippen LogP contribution in [0.15, 0.2) is 140 Å². The number of carbonyl (C=O) groups excluding carboxylic acids is 2. The molecule has 0 atom stereocenters. The number of hydrogen-bond acceptors (Lipinski definition) is 7. The van der Waals surface area contributed by atoms with Gasteiger partial charge in [0.15, 0.2) is 0 Å². The van der Waals surface area contributed by atoms with Gasteiger partial charge >= 0.3 is 11.9 Å². The van der Waals surface area contributed by atoms with Gasteiger partial charge in [-0.15, -0.1) is 0 Å². The molecule has 0 aliphatic carbocycles. The van der Waals surface area contributed by atoms with Gasteiger partial charge in [-0.3, -0.25) is 4.79 Å². The fraction of sp³-hybridized carbons (Fsp3) is 0.268.